The third-order valence-corrected chi connectivity index (χ3v) is 5.05. The minimum absolute atomic E-state index is 0.0807. The van der Waals surface area contributed by atoms with Gasteiger partial charge in [0.2, 0.25) is 5.09 Å². The number of aliphatic hydroxyl groups is 1. The van der Waals surface area contributed by atoms with Crippen LogP contribution in [0.1, 0.15) is 19.6 Å². The Morgan fingerprint density at radius 2 is 1.94 bits per heavy atom. The van der Waals surface area contributed by atoms with E-state index < -0.39 is 10.0 Å². The fraction of sp³-hybridized carbons (Fsp3) is 0.636. The second-order valence-corrected chi connectivity index (χ2v) is 6.52. The van der Waals surface area contributed by atoms with E-state index in [2.05, 4.69) is 0 Å². The van der Waals surface area contributed by atoms with Crippen molar-refractivity contribution < 1.29 is 17.9 Å². The summed E-state index contributed by atoms with van der Waals surface area (Å²) in [6.07, 6.45) is 0. The zero-order chi connectivity index (χ0) is 12.6. The summed E-state index contributed by atoms with van der Waals surface area (Å²) in [7, 11) is -3.54. The van der Waals surface area contributed by atoms with E-state index in [1.54, 1.807) is 0 Å². The average molecular weight is 259 g/mol. The van der Waals surface area contributed by atoms with Crippen LogP contribution in [0.5, 0.6) is 0 Å². The van der Waals surface area contributed by atoms with Gasteiger partial charge in [-0.05, 0) is 24.0 Å². The monoisotopic (exact) mass is 259 g/mol. The van der Waals surface area contributed by atoms with E-state index in [9.17, 15) is 8.42 Å². The molecule has 0 saturated carbocycles. The summed E-state index contributed by atoms with van der Waals surface area (Å²) in [6.45, 7) is 4.85. The highest BCUT2D eigenvalue weighted by Gasteiger charge is 2.36. The van der Waals surface area contributed by atoms with Crippen LogP contribution in [0.4, 0.5) is 0 Å². The Kier molecular flexibility index (Phi) is 3.29. The Morgan fingerprint density at radius 3 is 2.41 bits per heavy atom. The average Bonchev–Trinajstić information content (AvgIpc) is 2.87. The second-order valence-electron chi connectivity index (χ2n) is 4.66. The molecular formula is C11H17NO4S. The first kappa shape index (κ1) is 12.6. The fourth-order valence-corrected chi connectivity index (χ4v) is 3.55. The van der Waals surface area contributed by atoms with Gasteiger partial charge in [0.1, 0.15) is 12.4 Å². The van der Waals surface area contributed by atoms with Crippen molar-refractivity contribution in [2.45, 2.75) is 25.5 Å². The number of hydrogen-bond acceptors (Lipinski definition) is 4. The van der Waals surface area contributed by atoms with Crippen molar-refractivity contribution in [1.82, 2.24) is 4.31 Å². The van der Waals surface area contributed by atoms with Gasteiger partial charge in [0.25, 0.3) is 10.0 Å². The third kappa shape index (κ3) is 2.25. The Balaban J connectivity index is 2.25. The lowest BCUT2D eigenvalue weighted by Crippen LogP contribution is -2.28. The molecule has 1 aliphatic rings. The van der Waals surface area contributed by atoms with Gasteiger partial charge >= 0.3 is 0 Å². The molecule has 2 heterocycles. The van der Waals surface area contributed by atoms with Gasteiger partial charge in [-0.25, -0.2) is 8.42 Å². The molecular weight excluding hydrogens is 242 g/mol. The van der Waals surface area contributed by atoms with Crippen molar-refractivity contribution in [1.29, 1.82) is 0 Å². The van der Waals surface area contributed by atoms with Crippen LogP contribution in [0.25, 0.3) is 0 Å². The van der Waals surface area contributed by atoms with E-state index in [0.29, 0.717) is 24.9 Å². The van der Waals surface area contributed by atoms with E-state index in [0.717, 1.165) is 0 Å². The first-order valence-electron chi connectivity index (χ1n) is 5.65. The molecule has 0 spiro atoms. The van der Waals surface area contributed by atoms with Gasteiger partial charge in [0.15, 0.2) is 0 Å². The number of nitrogens with zero attached hydrogens (tertiary/aromatic N) is 1. The molecule has 0 radical (unpaired) electrons. The number of sulfonamides is 1. The summed E-state index contributed by atoms with van der Waals surface area (Å²) in [6, 6.07) is 2.88. The fourth-order valence-electron chi connectivity index (χ4n) is 1.98. The van der Waals surface area contributed by atoms with E-state index in [1.165, 1.54) is 16.4 Å². The molecule has 1 fully saturated rings. The van der Waals surface area contributed by atoms with Crippen molar-refractivity contribution >= 4 is 10.0 Å². The highest BCUT2D eigenvalue weighted by atomic mass is 32.2. The summed E-state index contributed by atoms with van der Waals surface area (Å²) in [5.41, 5.74) is 0. The van der Waals surface area contributed by atoms with Crippen molar-refractivity contribution in [2.75, 3.05) is 13.1 Å². The van der Waals surface area contributed by atoms with Crippen molar-refractivity contribution in [3.05, 3.63) is 17.9 Å². The molecule has 1 aromatic heterocycles. The molecule has 0 aromatic carbocycles. The topological polar surface area (TPSA) is 70.8 Å². The lowest BCUT2D eigenvalue weighted by molar-refractivity contribution is 0.235. The van der Waals surface area contributed by atoms with Crippen molar-refractivity contribution in [3.63, 3.8) is 0 Å². The first-order chi connectivity index (χ1) is 7.95. The Labute approximate surface area is 101 Å². The molecule has 5 nitrogen and oxygen atoms in total. The van der Waals surface area contributed by atoms with Crippen LogP contribution in [0.15, 0.2) is 21.6 Å². The van der Waals surface area contributed by atoms with Gasteiger partial charge in [-0.15, -0.1) is 0 Å². The zero-order valence-corrected chi connectivity index (χ0v) is 10.8. The summed E-state index contributed by atoms with van der Waals surface area (Å²) >= 11 is 0. The molecule has 1 N–H and O–H groups in total. The number of rotatable bonds is 3. The Hall–Kier alpha value is -0.850. The summed E-state index contributed by atoms with van der Waals surface area (Å²) in [4.78, 5) is 0. The molecule has 2 rings (SSSR count). The maximum absolute atomic E-state index is 12.2. The van der Waals surface area contributed by atoms with Crippen LogP contribution in [0.2, 0.25) is 0 Å². The minimum atomic E-state index is -3.54. The second kappa shape index (κ2) is 4.44. The zero-order valence-electron chi connectivity index (χ0n) is 9.96. The molecule has 2 atom stereocenters. The predicted octanol–water partition coefficient (Wildman–Crippen LogP) is 1.05. The Bertz CT molecular complexity index is 483. The van der Waals surface area contributed by atoms with Crippen LogP contribution in [-0.4, -0.2) is 30.9 Å². The van der Waals surface area contributed by atoms with Gasteiger partial charge in [0.05, 0.1) is 0 Å². The van der Waals surface area contributed by atoms with Crippen molar-refractivity contribution in [3.8, 4) is 0 Å². The molecule has 1 saturated heterocycles. The molecule has 96 valence electrons. The lowest BCUT2D eigenvalue weighted by Gasteiger charge is -2.13. The molecule has 17 heavy (non-hydrogen) atoms. The van der Waals surface area contributed by atoms with Gasteiger partial charge < -0.3 is 9.52 Å². The number of furan rings is 1. The van der Waals surface area contributed by atoms with E-state index >= 15 is 0 Å². The SMILES string of the molecule is CC1CN(S(=O)(=O)c2ccc(CO)o2)CC1C. The highest BCUT2D eigenvalue weighted by Crippen LogP contribution is 2.28. The van der Waals surface area contributed by atoms with E-state index in [4.69, 9.17) is 9.52 Å². The van der Waals surface area contributed by atoms with Crippen LogP contribution < -0.4 is 0 Å². The van der Waals surface area contributed by atoms with Crippen LogP contribution in [0.3, 0.4) is 0 Å². The molecule has 0 bridgehead atoms. The first-order valence-corrected chi connectivity index (χ1v) is 7.09. The highest BCUT2D eigenvalue weighted by molar-refractivity contribution is 7.89. The number of hydrogen-bond donors (Lipinski definition) is 1. The predicted molar refractivity (Wildman–Crippen MR) is 61.7 cm³/mol. The van der Waals surface area contributed by atoms with Crippen LogP contribution >= 0.6 is 0 Å². The minimum Gasteiger partial charge on any atom is -0.446 e. The number of aliphatic hydroxyl groups excluding tert-OH is 1. The molecule has 2 unspecified atom stereocenters. The van der Waals surface area contributed by atoms with Gasteiger partial charge in [-0.1, -0.05) is 13.8 Å². The van der Waals surface area contributed by atoms with Crippen LogP contribution in [0, 0.1) is 11.8 Å². The molecule has 0 amide bonds. The Morgan fingerprint density at radius 1 is 1.35 bits per heavy atom. The van der Waals surface area contributed by atoms with Crippen molar-refractivity contribution in [2.24, 2.45) is 11.8 Å². The molecule has 0 aliphatic carbocycles. The molecule has 1 aliphatic heterocycles. The maximum atomic E-state index is 12.2. The molecule has 1 aromatic rings. The maximum Gasteiger partial charge on any atom is 0.276 e. The van der Waals surface area contributed by atoms with Crippen LogP contribution in [-0.2, 0) is 16.6 Å². The summed E-state index contributed by atoms with van der Waals surface area (Å²) in [5, 5.41) is 8.78. The summed E-state index contributed by atoms with van der Waals surface area (Å²) < 4.78 is 31.0. The van der Waals surface area contributed by atoms with E-state index in [1.807, 2.05) is 13.8 Å². The molecule has 6 heteroatoms. The largest absolute Gasteiger partial charge is 0.446 e. The quantitative estimate of drug-likeness (QED) is 0.880. The van der Waals surface area contributed by atoms with Gasteiger partial charge in [-0.2, -0.15) is 4.31 Å². The normalized spacial score (nSPS) is 26.5. The lowest BCUT2D eigenvalue weighted by atomic mass is 10.0. The van der Waals surface area contributed by atoms with E-state index in [-0.39, 0.29) is 17.5 Å². The smallest absolute Gasteiger partial charge is 0.276 e. The summed E-state index contributed by atoms with van der Waals surface area (Å²) in [5.74, 6) is 0.984. The van der Waals surface area contributed by atoms with Gasteiger partial charge in [0, 0.05) is 13.1 Å². The van der Waals surface area contributed by atoms with Gasteiger partial charge in [-0.3, -0.25) is 0 Å². The standard InChI is InChI=1S/C11H17NO4S/c1-8-5-12(6-9(8)2)17(14,15)11-4-3-10(7-13)16-11/h3-4,8-9,13H,5-7H2,1-2H3. The third-order valence-electron chi connectivity index (χ3n) is 3.34.